The Hall–Kier alpha value is -0.400. The Morgan fingerprint density at radius 1 is 1.50 bits per heavy atom. The van der Waals surface area contributed by atoms with E-state index in [4.69, 9.17) is 18.0 Å². The highest BCUT2D eigenvalue weighted by atomic mass is 32.1. The first-order chi connectivity index (χ1) is 7.26. The van der Waals surface area contributed by atoms with Gasteiger partial charge < -0.3 is 10.6 Å². The molecule has 0 saturated carbocycles. The highest BCUT2D eigenvalue weighted by Crippen LogP contribution is 2.15. The minimum atomic E-state index is -4.56. The fraction of sp³-hybridized carbons (Fsp3) is 0.889. The molecule has 0 saturated heterocycles. The van der Waals surface area contributed by atoms with Crippen molar-refractivity contribution in [2.24, 2.45) is 11.7 Å². The summed E-state index contributed by atoms with van der Waals surface area (Å²) in [6.45, 7) is 4.72. The van der Waals surface area contributed by atoms with Crippen LogP contribution < -0.4 is 5.73 Å². The molecule has 7 heteroatoms. The van der Waals surface area contributed by atoms with Gasteiger partial charge in [0, 0.05) is 19.0 Å². The molecule has 0 fully saturated rings. The number of likely N-dealkylation sites (N-methyl/N-ethyl adjacent to an activating group) is 1. The first-order valence-electron chi connectivity index (χ1n) is 4.98. The molecule has 96 valence electrons. The fourth-order valence-corrected chi connectivity index (χ4v) is 1.22. The lowest BCUT2D eigenvalue weighted by molar-refractivity contribution is -0.325. The van der Waals surface area contributed by atoms with Gasteiger partial charge in [0.1, 0.15) is 0 Å². The number of rotatable bonds is 7. The van der Waals surface area contributed by atoms with Crippen LogP contribution in [-0.4, -0.2) is 42.5 Å². The first kappa shape index (κ1) is 15.6. The van der Waals surface area contributed by atoms with E-state index in [0.29, 0.717) is 18.1 Å². The number of thiocarbonyl (C=S) groups is 1. The van der Waals surface area contributed by atoms with Gasteiger partial charge >= 0.3 is 6.36 Å². The van der Waals surface area contributed by atoms with Crippen LogP contribution >= 0.6 is 12.2 Å². The molecule has 16 heavy (non-hydrogen) atoms. The minimum absolute atomic E-state index is 0.0131. The molecule has 0 aromatic heterocycles. The summed E-state index contributed by atoms with van der Waals surface area (Å²) in [5.41, 5.74) is 5.43. The molecule has 0 aliphatic rings. The van der Waals surface area contributed by atoms with Gasteiger partial charge in [0.2, 0.25) is 0 Å². The Balaban J connectivity index is 3.88. The van der Waals surface area contributed by atoms with E-state index in [0.717, 1.165) is 0 Å². The van der Waals surface area contributed by atoms with E-state index in [2.05, 4.69) is 4.74 Å². The summed E-state index contributed by atoms with van der Waals surface area (Å²) >= 11 is 4.80. The van der Waals surface area contributed by atoms with E-state index < -0.39 is 6.36 Å². The third kappa shape index (κ3) is 7.84. The highest BCUT2D eigenvalue weighted by molar-refractivity contribution is 7.80. The monoisotopic (exact) mass is 258 g/mol. The highest BCUT2D eigenvalue weighted by Gasteiger charge is 2.28. The molecule has 1 atom stereocenters. The second-order valence-electron chi connectivity index (χ2n) is 3.49. The Morgan fingerprint density at radius 3 is 2.44 bits per heavy atom. The van der Waals surface area contributed by atoms with Crippen LogP contribution in [0.25, 0.3) is 0 Å². The van der Waals surface area contributed by atoms with Crippen LogP contribution in [0.2, 0.25) is 0 Å². The molecular formula is C9H17F3N2OS. The van der Waals surface area contributed by atoms with Crippen LogP contribution in [0.4, 0.5) is 13.2 Å². The summed E-state index contributed by atoms with van der Waals surface area (Å²) < 4.78 is 38.9. The first-order valence-corrected chi connectivity index (χ1v) is 5.39. The second-order valence-corrected chi connectivity index (χ2v) is 3.96. The van der Waals surface area contributed by atoms with Crippen molar-refractivity contribution >= 4 is 17.2 Å². The fourth-order valence-electron chi connectivity index (χ4n) is 1.15. The quantitative estimate of drug-likeness (QED) is 0.706. The maximum absolute atomic E-state index is 11.7. The zero-order valence-corrected chi connectivity index (χ0v) is 10.2. The molecule has 0 amide bonds. The van der Waals surface area contributed by atoms with Crippen molar-refractivity contribution in [3.8, 4) is 0 Å². The van der Waals surface area contributed by atoms with Gasteiger partial charge in [-0.25, -0.2) is 0 Å². The summed E-state index contributed by atoms with van der Waals surface area (Å²) in [7, 11) is 0. The molecule has 0 aliphatic carbocycles. The van der Waals surface area contributed by atoms with Crippen molar-refractivity contribution < 1.29 is 17.9 Å². The molecule has 0 aliphatic heterocycles. The Bertz CT molecular complexity index is 223. The average molecular weight is 258 g/mol. The second kappa shape index (κ2) is 7.03. The van der Waals surface area contributed by atoms with Crippen LogP contribution in [0.1, 0.15) is 13.8 Å². The molecule has 3 nitrogen and oxygen atoms in total. The standard InChI is InChI=1S/C9H17F3N2OS/c1-3-14(6-7(2)8(13)16)4-5-15-9(10,11)12/h7H,3-6H2,1-2H3,(H2,13,16). The number of halogens is 3. The van der Waals surface area contributed by atoms with Crippen LogP contribution in [-0.2, 0) is 4.74 Å². The van der Waals surface area contributed by atoms with Gasteiger partial charge in [-0.2, -0.15) is 0 Å². The molecule has 0 heterocycles. The van der Waals surface area contributed by atoms with E-state index in [1.807, 2.05) is 18.7 Å². The van der Waals surface area contributed by atoms with Crippen molar-refractivity contribution in [1.82, 2.24) is 4.90 Å². The predicted octanol–water partition coefficient (Wildman–Crippen LogP) is 1.77. The Kier molecular flexibility index (Phi) is 6.85. The number of nitrogens with two attached hydrogens (primary N) is 1. The third-order valence-electron chi connectivity index (χ3n) is 2.14. The molecular weight excluding hydrogens is 241 g/mol. The number of hydrogen-bond acceptors (Lipinski definition) is 3. The average Bonchev–Trinajstić information content (AvgIpc) is 2.13. The summed E-state index contributed by atoms with van der Waals surface area (Å²) in [5, 5.41) is 0. The van der Waals surface area contributed by atoms with Gasteiger partial charge in [-0.1, -0.05) is 26.1 Å². The smallest absolute Gasteiger partial charge is 0.393 e. The van der Waals surface area contributed by atoms with E-state index in [9.17, 15) is 13.2 Å². The van der Waals surface area contributed by atoms with Gasteiger partial charge in [-0.3, -0.25) is 4.74 Å². The summed E-state index contributed by atoms with van der Waals surface area (Å²) in [6, 6.07) is 0. The molecule has 0 aromatic rings. The largest absolute Gasteiger partial charge is 0.522 e. The lowest BCUT2D eigenvalue weighted by Gasteiger charge is -2.23. The van der Waals surface area contributed by atoms with Crippen LogP contribution in [0.5, 0.6) is 0 Å². The predicted molar refractivity (Wildman–Crippen MR) is 60.1 cm³/mol. The zero-order valence-electron chi connectivity index (χ0n) is 9.38. The summed E-state index contributed by atoms with van der Waals surface area (Å²) in [5.74, 6) is -0.0131. The van der Waals surface area contributed by atoms with Crippen molar-refractivity contribution in [2.45, 2.75) is 20.2 Å². The zero-order chi connectivity index (χ0) is 12.8. The third-order valence-corrected chi connectivity index (χ3v) is 2.54. The van der Waals surface area contributed by atoms with Crippen molar-refractivity contribution in [3.63, 3.8) is 0 Å². The van der Waals surface area contributed by atoms with E-state index in [1.165, 1.54) is 0 Å². The van der Waals surface area contributed by atoms with Gasteiger partial charge in [0.15, 0.2) is 0 Å². The lowest BCUT2D eigenvalue weighted by Crippen LogP contribution is -2.36. The van der Waals surface area contributed by atoms with E-state index in [1.54, 1.807) is 0 Å². The normalized spacial score (nSPS) is 14.1. The number of alkyl halides is 3. The Labute approximate surface area is 98.7 Å². The molecule has 0 rings (SSSR count). The molecule has 2 N–H and O–H groups in total. The van der Waals surface area contributed by atoms with Crippen LogP contribution in [0, 0.1) is 5.92 Å². The Morgan fingerprint density at radius 2 is 2.06 bits per heavy atom. The molecule has 0 bridgehead atoms. The topological polar surface area (TPSA) is 38.5 Å². The summed E-state index contributed by atoms with van der Waals surface area (Å²) in [6.07, 6.45) is -4.56. The van der Waals surface area contributed by atoms with E-state index in [-0.39, 0.29) is 19.1 Å². The minimum Gasteiger partial charge on any atom is -0.393 e. The number of hydrogen-bond donors (Lipinski definition) is 1. The van der Waals surface area contributed by atoms with Crippen molar-refractivity contribution in [3.05, 3.63) is 0 Å². The van der Waals surface area contributed by atoms with Crippen molar-refractivity contribution in [1.29, 1.82) is 0 Å². The maximum atomic E-state index is 11.7. The molecule has 0 spiro atoms. The molecule has 1 unspecified atom stereocenters. The lowest BCUT2D eigenvalue weighted by atomic mass is 10.1. The van der Waals surface area contributed by atoms with Gasteiger partial charge in [-0.05, 0) is 6.54 Å². The van der Waals surface area contributed by atoms with Gasteiger partial charge in [0.25, 0.3) is 0 Å². The molecule has 0 aromatic carbocycles. The maximum Gasteiger partial charge on any atom is 0.522 e. The van der Waals surface area contributed by atoms with Gasteiger partial charge in [0.05, 0.1) is 11.6 Å². The number of ether oxygens (including phenoxy) is 1. The molecule has 0 radical (unpaired) electrons. The van der Waals surface area contributed by atoms with Crippen LogP contribution in [0.3, 0.4) is 0 Å². The van der Waals surface area contributed by atoms with Gasteiger partial charge in [-0.15, -0.1) is 13.2 Å². The number of nitrogens with zero attached hydrogens (tertiary/aromatic N) is 1. The SMILES string of the molecule is CCN(CCOC(F)(F)F)CC(C)C(N)=S. The summed E-state index contributed by atoms with van der Waals surface area (Å²) in [4.78, 5) is 2.19. The van der Waals surface area contributed by atoms with Crippen LogP contribution in [0.15, 0.2) is 0 Å². The van der Waals surface area contributed by atoms with Crippen molar-refractivity contribution in [2.75, 3.05) is 26.2 Å². The van der Waals surface area contributed by atoms with E-state index >= 15 is 0 Å².